The van der Waals surface area contributed by atoms with Gasteiger partial charge in [0.05, 0.1) is 11.3 Å². The van der Waals surface area contributed by atoms with Crippen molar-refractivity contribution in [1.29, 1.82) is 0 Å². The molecule has 4 nitrogen and oxygen atoms in total. The summed E-state index contributed by atoms with van der Waals surface area (Å²) in [6, 6.07) is 16.0. The molecule has 6 heteroatoms. The van der Waals surface area contributed by atoms with Gasteiger partial charge < -0.3 is 5.32 Å². The number of nitrogens with one attached hydrogen (secondary N) is 1. The highest BCUT2D eigenvalue weighted by molar-refractivity contribution is 6.11. The highest BCUT2D eigenvalue weighted by Gasteiger charge is 2.38. The van der Waals surface area contributed by atoms with Crippen LogP contribution in [0.3, 0.4) is 0 Å². The molecule has 3 aromatic rings. The molecule has 0 fully saturated rings. The van der Waals surface area contributed by atoms with Gasteiger partial charge in [-0.1, -0.05) is 18.2 Å². The molecule has 25 heavy (non-hydrogen) atoms. The fourth-order valence-electron chi connectivity index (χ4n) is 2.92. The van der Waals surface area contributed by atoms with Crippen LogP contribution >= 0.6 is 0 Å². The maximum Gasteiger partial charge on any atom is 0.262 e. The first kappa shape index (κ1) is 15.3. The molecular weight excluding hydrogens is 324 g/mol. The Bertz CT molecular complexity index is 946. The predicted octanol–water partition coefficient (Wildman–Crippen LogP) is 4.13. The predicted molar refractivity (Wildman–Crippen MR) is 90.2 cm³/mol. The lowest BCUT2D eigenvalue weighted by molar-refractivity contribution is 0.0993. The Hall–Kier alpha value is -3.28. The van der Waals surface area contributed by atoms with Crippen LogP contribution < -0.4 is 10.2 Å². The van der Waals surface area contributed by atoms with E-state index in [0.29, 0.717) is 22.6 Å². The lowest BCUT2D eigenvalue weighted by Gasteiger charge is -2.26. The van der Waals surface area contributed by atoms with E-state index in [1.165, 1.54) is 6.07 Å². The van der Waals surface area contributed by atoms with E-state index in [-0.39, 0.29) is 5.91 Å². The van der Waals surface area contributed by atoms with Gasteiger partial charge in [-0.3, -0.25) is 14.7 Å². The minimum Gasteiger partial charge on any atom is -0.360 e. The quantitative estimate of drug-likeness (QED) is 0.781. The van der Waals surface area contributed by atoms with E-state index in [2.05, 4.69) is 10.3 Å². The topological polar surface area (TPSA) is 45.2 Å². The molecule has 0 saturated carbocycles. The number of pyridine rings is 1. The Morgan fingerprint density at radius 2 is 1.76 bits per heavy atom. The monoisotopic (exact) mass is 337 g/mol. The molecule has 0 spiro atoms. The number of para-hydroxylation sites is 1. The second kappa shape index (κ2) is 5.98. The summed E-state index contributed by atoms with van der Waals surface area (Å²) in [6.45, 7) is 0. The number of rotatable bonds is 3. The smallest absolute Gasteiger partial charge is 0.262 e. The van der Waals surface area contributed by atoms with Crippen molar-refractivity contribution in [3.8, 4) is 0 Å². The minimum atomic E-state index is -0.957. The third-order valence-corrected chi connectivity index (χ3v) is 4.06. The number of halogens is 2. The van der Waals surface area contributed by atoms with Crippen LogP contribution in [0.4, 0.5) is 20.2 Å². The summed E-state index contributed by atoms with van der Waals surface area (Å²) in [7, 11) is 0. The maximum atomic E-state index is 13.5. The fraction of sp³-hybridized carbons (Fsp3) is 0.0526. The number of carbonyl (C=O) groups is 1. The van der Waals surface area contributed by atoms with Crippen LogP contribution in [0.5, 0.6) is 0 Å². The van der Waals surface area contributed by atoms with E-state index in [4.69, 9.17) is 0 Å². The van der Waals surface area contributed by atoms with Gasteiger partial charge in [0.1, 0.15) is 0 Å². The molecule has 1 unspecified atom stereocenters. The van der Waals surface area contributed by atoms with Crippen molar-refractivity contribution in [2.45, 2.75) is 6.17 Å². The zero-order valence-corrected chi connectivity index (χ0v) is 13.0. The highest BCUT2D eigenvalue weighted by Crippen LogP contribution is 2.36. The maximum absolute atomic E-state index is 13.5. The van der Waals surface area contributed by atoms with Gasteiger partial charge in [-0.15, -0.1) is 0 Å². The Labute approximate surface area is 142 Å². The van der Waals surface area contributed by atoms with Gasteiger partial charge in [0, 0.05) is 23.6 Å². The number of benzene rings is 2. The summed E-state index contributed by atoms with van der Waals surface area (Å²) in [5.41, 5.74) is 2.06. The molecular formula is C19H13F2N3O. The average Bonchev–Trinajstić information content (AvgIpc) is 2.91. The summed E-state index contributed by atoms with van der Waals surface area (Å²) in [5, 5.41) is 3.08. The van der Waals surface area contributed by atoms with Crippen LogP contribution in [-0.4, -0.2) is 10.9 Å². The van der Waals surface area contributed by atoms with Crippen LogP contribution in [0.15, 0.2) is 66.9 Å². The first-order valence-corrected chi connectivity index (χ1v) is 7.70. The van der Waals surface area contributed by atoms with E-state index in [1.807, 2.05) is 30.3 Å². The van der Waals surface area contributed by atoms with E-state index < -0.39 is 17.8 Å². The number of carbonyl (C=O) groups excluding carboxylic acids is 1. The van der Waals surface area contributed by atoms with E-state index in [9.17, 15) is 13.6 Å². The summed E-state index contributed by atoms with van der Waals surface area (Å²) in [4.78, 5) is 18.7. The Kier molecular flexibility index (Phi) is 3.65. The zero-order chi connectivity index (χ0) is 17.4. The lowest BCUT2D eigenvalue weighted by atomic mass is 10.2. The van der Waals surface area contributed by atoms with Crippen LogP contribution in [-0.2, 0) is 0 Å². The van der Waals surface area contributed by atoms with E-state index in [0.717, 1.165) is 12.1 Å². The molecule has 1 aliphatic heterocycles. The molecule has 0 radical (unpaired) electrons. The summed E-state index contributed by atoms with van der Waals surface area (Å²) in [6.07, 6.45) is 0.983. The van der Waals surface area contributed by atoms with Crippen LogP contribution in [0.2, 0.25) is 0 Å². The minimum absolute atomic E-state index is 0.200. The van der Waals surface area contributed by atoms with Crippen molar-refractivity contribution in [2.24, 2.45) is 0 Å². The van der Waals surface area contributed by atoms with Crippen LogP contribution in [0.25, 0.3) is 0 Å². The third kappa shape index (κ3) is 2.61. The summed E-state index contributed by atoms with van der Waals surface area (Å²) in [5.74, 6) is -2.08. The largest absolute Gasteiger partial charge is 0.360 e. The molecule has 1 atom stereocenters. The molecule has 1 aromatic heterocycles. The number of fused-ring (bicyclic) bond motifs is 1. The van der Waals surface area contributed by atoms with Gasteiger partial charge in [0.2, 0.25) is 0 Å². The Morgan fingerprint density at radius 1 is 0.960 bits per heavy atom. The second-order valence-electron chi connectivity index (χ2n) is 5.62. The fourth-order valence-corrected chi connectivity index (χ4v) is 2.92. The Morgan fingerprint density at radius 3 is 2.52 bits per heavy atom. The molecule has 1 aliphatic rings. The highest BCUT2D eigenvalue weighted by atomic mass is 19.2. The van der Waals surface area contributed by atoms with Crippen molar-refractivity contribution in [1.82, 2.24) is 4.98 Å². The van der Waals surface area contributed by atoms with Crippen molar-refractivity contribution in [3.63, 3.8) is 0 Å². The number of anilines is 2. The molecule has 124 valence electrons. The SMILES string of the molecule is O=C1c2cccnc2C(Nc2ccc(F)c(F)c2)N1c1ccccc1. The molecule has 0 bridgehead atoms. The summed E-state index contributed by atoms with van der Waals surface area (Å²) < 4.78 is 26.7. The molecule has 0 saturated heterocycles. The zero-order valence-electron chi connectivity index (χ0n) is 13.0. The molecule has 0 aliphatic carbocycles. The Balaban J connectivity index is 1.78. The van der Waals surface area contributed by atoms with E-state index >= 15 is 0 Å². The number of nitrogens with zero attached hydrogens (tertiary/aromatic N) is 2. The molecule has 1 N–H and O–H groups in total. The molecule has 4 rings (SSSR count). The standard InChI is InChI=1S/C19H13F2N3O/c20-15-9-8-12(11-16(15)21)23-18-17-14(7-4-10-22-17)19(25)24(18)13-5-2-1-3-6-13/h1-11,18,23H. The van der Waals surface area contributed by atoms with Crippen LogP contribution in [0, 0.1) is 11.6 Å². The van der Waals surface area contributed by atoms with Gasteiger partial charge in [-0.25, -0.2) is 8.78 Å². The summed E-state index contributed by atoms with van der Waals surface area (Å²) >= 11 is 0. The van der Waals surface area contributed by atoms with Gasteiger partial charge in [0.25, 0.3) is 5.91 Å². The van der Waals surface area contributed by atoms with Gasteiger partial charge in [-0.2, -0.15) is 0 Å². The van der Waals surface area contributed by atoms with Gasteiger partial charge in [0.15, 0.2) is 17.8 Å². The number of hydrogen-bond donors (Lipinski definition) is 1. The van der Waals surface area contributed by atoms with Crippen molar-refractivity contribution < 1.29 is 13.6 Å². The van der Waals surface area contributed by atoms with Crippen molar-refractivity contribution >= 4 is 17.3 Å². The van der Waals surface area contributed by atoms with E-state index in [1.54, 1.807) is 23.2 Å². The normalized spacial score (nSPS) is 16.0. The first-order chi connectivity index (χ1) is 12.1. The molecule has 2 heterocycles. The van der Waals surface area contributed by atoms with Crippen molar-refractivity contribution in [2.75, 3.05) is 10.2 Å². The molecule has 1 amide bonds. The second-order valence-corrected chi connectivity index (χ2v) is 5.62. The van der Waals surface area contributed by atoms with Gasteiger partial charge in [-0.05, 0) is 36.4 Å². The number of aromatic nitrogens is 1. The van der Waals surface area contributed by atoms with Gasteiger partial charge >= 0.3 is 0 Å². The number of amides is 1. The lowest BCUT2D eigenvalue weighted by Crippen LogP contribution is -2.32. The third-order valence-electron chi connectivity index (χ3n) is 4.06. The van der Waals surface area contributed by atoms with Crippen LogP contribution in [0.1, 0.15) is 22.2 Å². The molecule has 2 aromatic carbocycles. The number of hydrogen-bond acceptors (Lipinski definition) is 3. The van der Waals surface area contributed by atoms with Crippen molar-refractivity contribution in [3.05, 3.63) is 89.8 Å². The average molecular weight is 337 g/mol. The first-order valence-electron chi connectivity index (χ1n) is 7.70.